The van der Waals surface area contributed by atoms with Crippen LogP contribution < -0.4 is 4.74 Å². The summed E-state index contributed by atoms with van der Waals surface area (Å²) < 4.78 is 5.62. The molecule has 1 saturated heterocycles. The number of carbonyl (C=O) groups excluding carboxylic acids is 2. The van der Waals surface area contributed by atoms with Gasteiger partial charge in [-0.1, -0.05) is 17.7 Å². The Hall–Kier alpha value is -1.79. The molecule has 1 atom stereocenters. The third-order valence-electron chi connectivity index (χ3n) is 6.79. The van der Waals surface area contributed by atoms with Crippen molar-refractivity contribution < 1.29 is 19.4 Å². The Morgan fingerprint density at radius 1 is 1.26 bits per heavy atom. The van der Waals surface area contributed by atoms with Crippen molar-refractivity contribution in [2.45, 2.75) is 70.9 Å². The molecule has 0 spiro atoms. The van der Waals surface area contributed by atoms with Crippen LogP contribution in [0, 0.1) is 5.92 Å². The zero-order chi connectivity index (χ0) is 22.6. The predicted octanol–water partition coefficient (Wildman–Crippen LogP) is 3.67. The maximum Gasteiger partial charge on any atom is 0.260 e. The minimum atomic E-state index is -0.591. The number of likely N-dealkylation sites (N-methyl/N-ethyl adjacent to an activating group) is 1. The molecule has 1 heterocycles. The van der Waals surface area contributed by atoms with E-state index in [1.54, 1.807) is 11.0 Å². The van der Waals surface area contributed by atoms with E-state index in [9.17, 15) is 14.7 Å². The molecule has 172 valence electrons. The first-order valence-corrected chi connectivity index (χ1v) is 11.8. The lowest BCUT2D eigenvalue weighted by Gasteiger charge is -2.37. The molecule has 1 saturated carbocycles. The second-order valence-corrected chi connectivity index (χ2v) is 9.46. The average molecular weight is 451 g/mol. The van der Waals surface area contributed by atoms with Crippen LogP contribution in [0.4, 0.5) is 0 Å². The van der Waals surface area contributed by atoms with Gasteiger partial charge in [0.2, 0.25) is 5.91 Å². The smallest absolute Gasteiger partial charge is 0.260 e. The van der Waals surface area contributed by atoms with Crippen LogP contribution in [0.25, 0.3) is 0 Å². The number of ether oxygens (including phenoxy) is 1. The zero-order valence-electron chi connectivity index (χ0n) is 18.9. The van der Waals surface area contributed by atoms with Gasteiger partial charge in [-0.15, -0.1) is 0 Å². The lowest BCUT2D eigenvalue weighted by atomic mass is 9.83. The number of benzene rings is 1. The summed E-state index contributed by atoms with van der Waals surface area (Å²) in [5.41, 5.74) is 0.335. The molecule has 2 aliphatic rings. The van der Waals surface area contributed by atoms with Crippen molar-refractivity contribution in [3.05, 3.63) is 28.8 Å². The minimum absolute atomic E-state index is 0.0122. The third-order valence-corrected chi connectivity index (χ3v) is 7.14. The van der Waals surface area contributed by atoms with Crippen LogP contribution in [0.1, 0.15) is 58.4 Å². The summed E-state index contributed by atoms with van der Waals surface area (Å²) in [5.74, 6) is 0.651. The normalized spacial score (nSPS) is 26.2. The summed E-state index contributed by atoms with van der Waals surface area (Å²) in [5, 5.41) is 10.7. The summed E-state index contributed by atoms with van der Waals surface area (Å²) in [6.07, 6.45) is 4.66. The summed E-state index contributed by atoms with van der Waals surface area (Å²) in [4.78, 5) is 28.8. The number of amides is 2. The fourth-order valence-electron chi connectivity index (χ4n) is 4.71. The highest BCUT2D eigenvalue weighted by molar-refractivity contribution is 6.31. The first-order valence-electron chi connectivity index (χ1n) is 11.5. The van der Waals surface area contributed by atoms with Crippen LogP contribution in [-0.2, 0) is 16.0 Å². The molecule has 1 N–H and O–H groups in total. The summed E-state index contributed by atoms with van der Waals surface area (Å²) in [7, 11) is 0. The molecule has 7 heteroatoms. The van der Waals surface area contributed by atoms with E-state index in [1.165, 1.54) is 0 Å². The van der Waals surface area contributed by atoms with E-state index in [-0.39, 0.29) is 30.4 Å². The zero-order valence-corrected chi connectivity index (χ0v) is 19.7. The Morgan fingerprint density at radius 3 is 2.55 bits per heavy atom. The topological polar surface area (TPSA) is 70.1 Å². The van der Waals surface area contributed by atoms with Crippen molar-refractivity contribution >= 4 is 23.4 Å². The van der Waals surface area contributed by atoms with Crippen molar-refractivity contribution in [1.82, 2.24) is 9.80 Å². The molecule has 3 rings (SSSR count). The first-order chi connectivity index (χ1) is 14.7. The van der Waals surface area contributed by atoms with Gasteiger partial charge >= 0.3 is 0 Å². The monoisotopic (exact) mass is 450 g/mol. The second-order valence-electron chi connectivity index (χ2n) is 9.06. The molecule has 1 aliphatic carbocycles. The van der Waals surface area contributed by atoms with Crippen molar-refractivity contribution in [1.29, 1.82) is 0 Å². The largest absolute Gasteiger partial charge is 0.484 e. The Kier molecular flexibility index (Phi) is 7.87. The van der Waals surface area contributed by atoms with Gasteiger partial charge in [-0.05, 0) is 77.0 Å². The lowest BCUT2D eigenvalue weighted by Crippen LogP contribution is -2.43. The van der Waals surface area contributed by atoms with Crippen molar-refractivity contribution in [3.63, 3.8) is 0 Å². The predicted molar refractivity (Wildman–Crippen MR) is 121 cm³/mol. The van der Waals surface area contributed by atoms with Gasteiger partial charge in [0, 0.05) is 36.6 Å². The SMILES string of the molecule is CCN(CC)C(=O)COc1ccc(CC2CCN(C3CCC(C)(O)CC3)C2=O)c(Cl)c1. The molecule has 0 bridgehead atoms. The van der Waals surface area contributed by atoms with Crippen LogP contribution in [-0.4, -0.2) is 64.6 Å². The molecular weight excluding hydrogens is 416 g/mol. The van der Waals surface area contributed by atoms with Crippen LogP contribution in [0.2, 0.25) is 5.02 Å². The Morgan fingerprint density at radius 2 is 1.94 bits per heavy atom. The molecule has 1 aromatic rings. The highest BCUT2D eigenvalue weighted by Crippen LogP contribution is 2.35. The number of hydrogen-bond acceptors (Lipinski definition) is 4. The molecule has 1 unspecified atom stereocenters. The Balaban J connectivity index is 1.54. The van der Waals surface area contributed by atoms with Gasteiger partial charge in [-0.2, -0.15) is 0 Å². The van der Waals surface area contributed by atoms with Gasteiger partial charge in [-0.3, -0.25) is 9.59 Å². The number of aliphatic hydroxyl groups is 1. The highest BCUT2D eigenvalue weighted by Gasteiger charge is 2.39. The van der Waals surface area contributed by atoms with E-state index in [4.69, 9.17) is 16.3 Å². The number of rotatable bonds is 8. The van der Waals surface area contributed by atoms with E-state index in [1.807, 2.05) is 37.8 Å². The van der Waals surface area contributed by atoms with Crippen LogP contribution >= 0.6 is 11.6 Å². The Labute approximate surface area is 190 Å². The minimum Gasteiger partial charge on any atom is -0.484 e. The van der Waals surface area contributed by atoms with E-state index in [0.29, 0.717) is 30.3 Å². The molecule has 0 radical (unpaired) electrons. The van der Waals surface area contributed by atoms with E-state index >= 15 is 0 Å². The first kappa shape index (κ1) is 23.9. The standard InChI is InChI=1S/C24H35ClN2O4/c1-4-26(5-2)22(28)16-31-20-7-6-17(21(25)15-20)14-18-10-13-27(23(18)29)19-8-11-24(3,30)12-9-19/h6-7,15,18-19,30H,4-5,8-14,16H2,1-3H3. The lowest BCUT2D eigenvalue weighted by molar-refractivity contribution is -0.134. The molecule has 2 amide bonds. The van der Waals surface area contributed by atoms with E-state index in [2.05, 4.69) is 0 Å². The van der Waals surface area contributed by atoms with Crippen molar-refractivity contribution in [2.75, 3.05) is 26.2 Å². The molecule has 6 nitrogen and oxygen atoms in total. The van der Waals surface area contributed by atoms with E-state index < -0.39 is 5.60 Å². The number of nitrogens with zero attached hydrogens (tertiary/aromatic N) is 2. The number of halogens is 1. The average Bonchev–Trinajstić information content (AvgIpc) is 3.09. The number of carbonyl (C=O) groups is 2. The van der Waals surface area contributed by atoms with Crippen LogP contribution in [0.5, 0.6) is 5.75 Å². The van der Waals surface area contributed by atoms with Gasteiger partial charge in [0.25, 0.3) is 5.91 Å². The van der Waals surface area contributed by atoms with Gasteiger partial charge in [0.05, 0.1) is 5.60 Å². The van der Waals surface area contributed by atoms with E-state index in [0.717, 1.165) is 44.2 Å². The molecule has 31 heavy (non-hydrogen) atoms. The van der Waals surface area contributed by atoms with Gasteiger partial charge < -0.3 is 19.6 Å². The van der Waals surface area contributed by atoms with Crippen LogP contribution in [0.15, 0.2) is 18.2 Å². The molecule has 1 aliphatic heterocycles. The van der Waals surface area contributed by atoms with Crippen LogP contribution in [0.3, 0.4) is 0 Å². The van der Waals surface area contributed by atoms with Gasteiger partial charge in [-0.25, -0.2) is 0 Å². The number of hydrogen-bond donors (Lipinski definition) is 1. The van der Waals surface area contributed by atoms with Gasteiger partial charge in [0.1, 0.15) is 5.75 Å². The fraction of sp³-hybridized carbons (Fsp3) is 0.667. The third kappa shape index (κ3) is 5.92. The Bertz CT molecular complexity index is 784. The molecule has 0 aromatic heterocycles. The van der Waals surface area contributed by atoms with Gasteiger partial charge in [0.15, 0.2) is 6.61 Å². The summed E-state index contributed by atoms with van der Waals surface area (Å²) >= 11 is 6.48. The summed E-state index contributed by atoms with van der Waals surface area (Å²) in [6, 6.07) is 5.68. The maximum absolute atomic E-state index is 13.0. The maximum atomic E-state index is 13.0. The molecule has 1 aromatic carbocycles. The fourth-order valence-corrected chi connectivity index (χ4v) is 4.96. The second kappa shape index (κ2) is 10.2. The quantitative estimate of drug-likeness (QED) is 0.656. The highest BCUT2D eigenvalue weighted by atomic mass is 35.5. The van der Waals surface area contributed by atoms with Crippen molar-refractivity contribution in [3.8, 4) is 5.75 Å². The number of likely N-dealkylation sites (tertiary alicyclic amines) is 1. The molecular formula is C24H35ClN2O4. The summed E-state index contributed by atoms with van der Waals surface area (Å²) in [6.45, 7) is 7.85. The molecule has 2 fully saturated rings. The van der Waals surface area contributed by atoms with Crippen molar-refractivity contribution in [2.24, 2.45) is 5.92 Å².